The van der Waals surface area contributed by atoms with E-state index in [1.54, 1.807) is 0 Å². The Labute approximate surface area is 156 Å². The van der Waals surface area contributed by atoms with Crippen molar-refractivity contribution < 1.29 is 5.11 Å². The lowest BCUT2D eigenvalue weighted by molar-refractivity contribution is 0.411. The monoisotopic (exact) mass is 361 g/mol. The van der Waals surface area contributed by atoms with Crippen LogP contribution in [0.25, 0.3) is 16.8 Å². The van der Waals surface area contributed by atoms with Crippen LogP contribution in [-0.2, 0) is 0 Å². The minimum atomic E-state index is 0.196. The van der Waals surface area contributed by atoms with Crippen LogP contribution in [0.5, 0.6) is 0 Å². The average Bonchev–Trinajstić information content (AvgIpc) is 3.23. The molecule has 0 fully saturated rings. The lowest BCUT2D eigenvalue weighted by atomic mass is 10.1. The summed E-state index contributed by atoms with van der Waals surface area (Å²) >= 11 is 1.46. The van der Waals surface area contributed by atoms with E-state index in [2.05, 4.69) is 24.9 Å². The summed E-state index contributed by atoms with van der Waals surface area (Å²) in [5, 5.41) is 21.7. The molecule has 0 aliphatic carbocycles. The second kappa shape index (κ2) is 6.42. The van der Waals surface area contributed by atoms with E-state index >= 15 is 0 Å². The molecule has 0 unspecified atom stereocenters. The first-order chi connectivity index (χ1) is 12.5. The van der Waals surface area contributed by atoms with Gasteiger partial charge in [-0.05, 0) is 37.1 Å². The van der Waals surface area contributed by atoms with Gasteiger partial charge < -0.3 is 10.0 Å². The number of aromatic nitrogens is 1. The van der Waals surface area contributed by atoms with Crippen molar-refractivity contribution in [3.8, 4) is 11.3 Å². The van der Waals surface area contributed by atoms with Gasteiger partial charge in [0.25, 0.3) is 0 Å². The Hall–Kier alpha value is -2.92. The van der Waals surface area contributed by atoms with Crippen LogP contribution in [0.2, 0.25) is 0 Å². The number of nitrogens with zero attached hydrogens (tertiary/aromatic N) is 2. The Kier molecular flexibility index (Phi) is 4.09. The number of aryl methyl sites for hydroxylation is 2. The van der Waals surface area contributed by atoms with Crippen molar-refractivity contribution in [3.63, 3.8) is 0 Å². The molecule has 130 valence electrons. The van der Waals surface area contributed by atoms with Crippen molar-refractivity contribution in [1.29, 1.82) is 5.41 Å². The maximum atomic E-state index is 10.5. The summed E-state index contributed by atoms with van der Waals surface area (Å²) in [6.07, 6.45) is 0. The molecule has 1 aliphatic heterocycles. The largest absolute Gasteiger partial charge is 0.510 e. The van der Waals surface area contributed by atoms with E-state index < -0.39 is 0 Å². The van der Waals surface area contributed by atoms with Gasteiger partial charge in [0, 0.05) is 16.6 Å². The molecule has 5 heteroatoms. The maximum absolute atomic E-state index is 10.5. The molecule has 26 heavy (non-hydrogen) atoms. The second-order valence-electron chi connectivity index (χ2n) is 6.43. The van der Waals surface area contributed by atoms with Crippen LogP contribution in [0.15, 0.2) is 59.7 Å². The smallest absolute Gasteiger partial charge is 0.139 e. The van der Waals surface area contributed by atoms with E-state index in [1.807, 2.05) is 52.7 Å². The topological polar surface area (TPSA) is 60.2 Å². The molecule has 0 saturated heterocycles. The number of aliphatic hydroxyl groups excluding tert-OH is 1. The Morgan fingerprint density at radius 3 is 2.58 bits per heavy atom. The van der Waals surface area contributed by atoms with Crippen LogP contribution < -0.4 is 4.90 Å². The van der Waals surface area contributed by atoms with Gasteiger partial charge in [-0.1, -0.05) is 36.4 Å². The number of rotatable bonds is 3. The SMILES string of the molecule is Cc1ccc(N2CC(O)=C(c3nc(-c4ccccc4)cs3)C2=N)cc1C. The highest BCUT2D eigenvalue weighted by molar-refractivity contribution is 7.11. The Bertz CT molecular complexity index is 1020. The van der Waals surface area contributed by atoms with Gasteiger partial charge in [0.2, 0.25) is 0 Å². The van der Waals surface area contributed by atoms with E-state index in [9.17, 15) is 5.11 Å². The number of amidine groups is 1. The highest BCUT2D eigenvalue weighted by Crippen LogP contribution is 2.34. The van der Waals surface area contributed by atoms with Gasteiger partial charge in [-0.3, -0.25) is 5.41 Å². The van der Waals surface area contributed by atoms with Gasteiger partial charge in [-0.2, -0.15) is 0 Å². The molecule has 3 aromatic rings. The van der Waals surface area contributed by atoms with Crippen LogP contribution in [0, 0.1) is 19.3 Å². The predicted octanol–water partition coefficient (Wildman–Crippen LogP) is 5.19. The van der Waals surface area contributed by atoms with E-state index in [4.69, 9.17) is 5.41 Å². The van der Waals surface area contributed by atoms with Crippen LogP contribution in [0.3, 0.4) is 0 Å². The van der Waals surface area contributed by atoms with Gasteiger partial charge in [-0.15, -0.1) is 11.3 Å². The highest BCUT2D eigenvalue weighted by Gasteiger charge is 2.31. The molecule has 4 rings (SSSR count). The molecule has 0 saturated carbocycles. The summed E-state index contributed by atoms with van der Waals surface area (Å²) in [7, 11) is 0. The molecule has 1 aliphatic rings. The van der Waals surface area contributed by atoms with E-state index in [1.165, 1.54) is 22.5 Å². The Balaban J connectivity index is 1.65. The lowest BCUT2D eigenvalue weighted by Crippen LogP contribution is -2.26. The molecule has 0 radical (unpaired) electrons. The standard InChI is InChI=1S/C21H19N3OS/c1-13-8-9-16(10-14(13)2)24-11-18(25)19(20(24)22)21-23-17(12-26-21)15-6-4-3-5-7-15/h3-10,12,22,25H,11H2,1-2H3. The highest BCUT2D eigenvalue weighted by atomic mass is 32.1. The number of hydrogen-bond acceptors (Lipinski definition) is 4. The Morgan fingerprint density at radius 1 is 1.08 bits per heavy atom. The van der Waals surface area contributed by atoms with E-state index in [0.717, 1.165) is 16.9 Å². The quantitative estimate of drug-likeness (QED) is 0.674. The van der Waals surface area contributed by atoms with Crippen molar-refractivity contribution in [2.24, 2.45) is 0 Å². The number of nitrogens with one attached hydrogen (secondary N) is 1. The summed E-state index contributed by atoms with van der Waals surface area (Å²) in [6, 6.07) is 16.0. The summed E-state index contributed by atoms with van der Waals surface area (Å²) in [5.74, 6) is 0.488. The molecular weight excluding hydrogens is 342 g/mol. The first-order valence-corrected chi connectivity index (χ1v) is 9.29. The van der Waals surface area contributed by atoms with Gasteiger partial charge in [0.15, 0.2) is 0 Å². The third-order valence-electron chi connectivity index (χ3n) is 4.69. The van der Waals surface area contributed by atoms with Gasteiger partial charge in [0.1, 0.15) is 16.6 Å². The number of hydrogen-bond donors (Lipinski definition) is 2. The third-order valence-corrected chi connectivity index (χ3v) is 5.55. The third kappa shape index (κ3) is 2.80. The molecule has 0 atom stereocenters. The molecule has 1 aromatic heterocycles. The molecule has 4 nitrogen and oxygen atoms in total. The zero-order chi connectivity index (χ0) is 18.3. The fraction of sp³-hybridized carbons (Fsp3) is 0.143. The maximum Gasteiger partial charge on any atom is 0.139 e. The van der Waals surface area contributed by atoms with Crippen molar-refractivity contribution >= 4 is 28.4 Å². The van der Waals surface area contributed by atoms with Gasteiger partial charge >= 0.3 is 0 Å². The predicted molar refractivity (Wildman–Crippen MR) is 108 cm³/mol. The number of benzene rings is 2. The minimum absolute atomic E-state index is 0.196. The van der Waals surface area contributed by atoms with E-state index in [0.29, 0.717) is 23.0 Å². The van der Waals surface area contributed by atoms with Crippen LogP contribution in [0.4, 0.5) is 5.69 Å². The van der Waals surface area contributed by atoms with Crippen molar-refractivity contribution in [2.45, 2.75) is 13.8 Å². The lowest BCUT2D eigenvalue weighted by Gasteiger charge is -2.19. The fourth-order valence-electron chi connectivity index (χ4n) is 3.05. The van der Waals surface area contributed by atoms with Crippen molar-refractivity contribution in [2.75, 3.05) is 11.4 Å². The first kappa shape index (κ1) is 16.5. The summed E-state index contributed by atoms with van der Waals surface area (Å²) in [5.41, 5.74) is 5.72. The van der Waals surface area contributed by atoms with Crippen LogP contribution >= 0.6 is 11.3 Å². The first-order valence-electron chi connectivity index (χ1n) is 8.42. The molecule has 0 bridgehead atoms. The van der Waals surface area contributed by atoms with Gasteiger partial charge in [-0.25, -0.2) is 4.98 Å². The summed E-state index contributed by atoms with van der Waals surface area (Å²) in [6.45, 7) is 4.42. The second-order valence-corrected chi connectivity index (χ2v) is 7.29. The summed E-state index contributed by atoms with van der Waals surface area (Å²) in [4.78, 5) is 6.48. The molecule has 2 aromatic carbocycles. The van der Waals surface area contributed by atoms with Gasteiger partial charge in [0.05, 0.1) is 17.8 Å². The molecule has 0 spiro atoms. The minimum Gasteiger partial charge on any atom is -0.510 e. The number of thiazole rings is 1. The molecular formula is C21H19N3OS. The fourth-order valence-corrected chi connectivity index (χ4v) is 3.94. The van der Waals surface area contributed by atoms with Crippen LogP contribution in [0.1, 0.15) is 16.1 Å². The molecule has 2 N–H and O–H groups in total. The zero-order valence-corrected chi connectivity index (χ0v) is 15.5. The van der Waals surface area contributed by atoms with Crippen molar-refractivity contribution in [1.82, 2.24) is 4.98 Å². The Morgan fingerprint density at radius 2 is 1.85 bits per heavy atom. The summed E-state index contributed by atoms with van der Waals surface area (Å²) < 4.78 is 0. The molecule has 2 heterocycles. The van der Waals surface area contributed by atoms with Crippen molar-refractivity contribution in [3.05, 3.63) is 75.8 Å². The van der Waals surface area contributed by atoms with E-state index in [-0.39, 0.29) is 5.76 Å². The van der Waals surface area contributed by atoms with Crippen LogP contribution in [-0.4, -0.2) is 22.5 Å². The average molecular weight is 361 g/mol. The number of anilines is 1. The number of aliphatic hydroxyl groups is 1. The normalized spacial score (nSPS) is 14.4. The zero-order valence-electron chi connectivity index (χ0n) is 14.7. The molecule has 0 amide bonds.